The first-order valence-corrected chi connectivity index (χ1v) is 7.61. The van der Waals surface area contributed by atoms with E-state index >= 15 is 0 Å². The van der Waals surface area contributed by atoms with Crippen LogP contribution in [0.5, 0.6) is 0 Å². The van der Waals surface area contributed by atoms with Gasteiger partial charge in [0.1, 0.15) is 11.3 Å². The molecule has 0 aliphatic carbocycles. The smallest absolute Gasteiger partial charge is 0.289 e. The Bertz CT molecular complexity index is 818. The molecule has 0 bridgehead atoms. The first-order chi connectivity index (χ1) is 11.5. The monoisotopic (exact) mass is 326 g/mol. The van der Waals surface area contributed by atoms with E-state index in [1.807, 2.05) is 37.3 Å². The van der Waals surface area contributed by atoms with Crippen molar-refractivity contribution in [2.75, 3.05) is 13.6 Å². The molecular weight excluding hydrogens is 308 g/mol. The maximum absolute atomic E-state index is 12.1. The number of hydrogen-bond acceptors (Lipinski definition) is 4. The molecule has 2 heterocycles. The normalized spacial score (nSPS) is 12.1. The zero-order valence-electron chi connectivity index (χ0n) is 13.5. The molecule has 2 amide bonds. The van der Waals surface area contributed by atoms with Crippen LogP contribution in [-0.2, 0) is 4.79 Å². The summed E-state index contributed by atoms with van der Waals surface area (Å²) in [6, 6.07) is 12.5. The fraction of sp³-hybridized carbons (Fsp3) is 0.222. The summed E-state index contributed by atoms with van der Waals surface area (Å²) in [5, 5.41) is 3.82. The summed E-state index contributed by atoms with van der Waals surface area (Å²) in [4.78, 5) is 25.5. The molecule has 0 radical (unpaired) electrons. The molecule has 0 aliphatic heterocycles. The summed E-state index contributed by atoms with van der Waals surface area (Å²) in [5.41, 5.74) is 0.777. The average molecular weight is 326 g/mol. The highest BCUT2D eigenvalue weighted by atomic mass is 16.3. The van der Waals surface area contributed by atoms with Crippen molar-refractivity contribution in [2.45, 2.75) is 13.0 Å². The fourth-order valence-corrected chi connectivity index (χ4v) is 2.45. The lowest BCUT2D eigenvalue weighted by molar-refractivity contribution is -0.122. The van der Waals surface area contributed by atoms with E-state index in [0.717, 1.165) is 11.0 Å². The lowest BCUT2D eigenvalue weighted by atomic mass is 10.2. The topological polar surface area (TPSA) is 75.7 Å². The first-order valence-electron chi connectivity index (χ1n) is 7.61. The highest BCUT2D eigenvalue weighted by molar-refractivity contribution is 5.94. The van der Waals surface area contributed by atoms with Gasteiger partial charge in [0, 0.05) is 12.4 Å². The number of amides is 2. The predicted molar refractivity (Wildman–Crippen MR) is 88.4 cm³/mol. The zero-order chi connectivity index (χ0) is 17.1. The number of rotatable bonds is 5. The van der Waals surface area contributed by atoms with Crippen molar-refractivity contribution in [1.82, 2.24) is 10.2 Å². The van der Waals surface area contributed by atoms with Crippen molar-refractivity contribution in [1.29, 1.82) is 0 Å². The molecule has 124 valence electrons. The van der Waals surface area contributed by atoms with Crippen LogP contribution in [0.4, 0.5) is 0 Å². The summed E-state index contributed by atoms with van der Waals surface area (Å²) in [5.74, 6) is 0.261. The van der Waals surface area contributed by atoms with Crippen molar-refractivity contribution in [2.24, 2.45) is 0 Å². The summed E-state index contributed by atoms with van der Waals surface area (Å²) in [6.45, 7) is 1.77. The van der Waals surface area contributed by atoms with Crippen molar-refractivity contribution < 1.29 is 18.4 Å². The van der Waals surface area contributed by atoms with Crippen molar-refractivity contribution in [3.63, 3.8) is 0 Å². The van der Waals surface area contributed by atoms with Crippen LogP contribution >= 0.6 is 0 Å². The van der Waals surface area contributed by atoms with Crippen LogP contribution in [-0.4, -0.2) is 30.3 Å². The van der Waals surface area contributed by atoms with Gasteiger partial charge in [0.25, 0.3) is 5.91 Å². The largest absolute Gasteiger partial charge is 0.459 e. The number of carbonyl (C=O) groups is 2. The Morgan fingerprint density at radius 2 is 2.00 bits per heavy atom. The van der Waals surface area contributed by atoms with E-state index in [0.29, 0.717) is 5.76 Å². The minimum atomic E-state index is -0.341. The third-order valence-electron chi connectivity index (χ3n) is 3.71. The van der Waals surface area contributed by atoms with Gasteiger partial charge in [-0.05, 0) is 31.2 Å². The lowest BCUT2D eigenvalue weighted by Crippen LogP contribution is -2.39. The average Bonchev–Trinajstić information content (AvgIpc) is 3.23. The highest BCUT2D eigenvalue weighted by Gasteiger charge is 2.19. The Labute approximate surface area is 139 Å². The van der Waals surface area contributed by atoms with Crippen LogP contribution in [0.25, 0.3) is 11.0 Å². The summed E-state index contributed by atoms with van der Waals surface area (Å²) in [6.07, 6.45) is 1.42. The molecule has 0 spiro atoms. The maximum Gasteiger partial charge on any atom is 0.289 e. The molecule has 0 aliphatic rings. The van der Waals surface area contributed by atoms with Gasteiger partial charge in [0.05, 0.1) is 18.8 Å². The van der Waals surface area contributed by atoms with Crippen molar-refractivity contribution in [3.8, 4) is 0 Å². The second-order valence-corrected chi connectivity index (χ2v) is 5.61. The molecular formula is C18H18N2O4. The van der Waals surface area contributed by atoms with Crippen LogP contribution in [0.1, 0.15) is 29.3 Å². The molecule has 24 heavy (non-hydrogen) atoms. The molecule has 0 unspecified atom stereocenters. The van der Waals surface area contributed by atoms with E-state index in [2.05, 4.69) is 5.32 Å². The Balaban J connectivity index is 1.60. The van der Waals surface area contributed by atoms with Crippen LogP contribution in [0.15, 0.2) is 57.6 Å². The van der Waals surface area contributed by atoms with E-state index in [1.54, 1.807) is 19.2 Å². The van der Waals surface area contributed by atoms with Gasteiger partial charge in [-0.3, -0.25) is 9.59 Å². The van der Waals surface area contributed by atoms with Gasteiger partial charge in [-0.25, -0.2) is 0 Å². The van der Waals surface area contributed by atoms with E-state index in [1.165, 1.54) is 11.2 Å². The van der Waals surface area contributed by atoms with Gasteiger partial charge in [-0.2, -0.15) is 0 Å². The number of nitrogens with zero attached hydrogens (tertiary/aromatic N) is 1. The molecule has 0 fully saturated rings. The molecule has 1 aromatic carbocycles. The Morgan fingerprint density at radius 1 is 1.21 bits per heavy atom. The second kappa shape index (κ2) is 6.62. The minimum Gasteiger partial charge on any atom is -0.459 e. The zero-order valence-corrected chi connectivity index (χ0v) is 13.5. The SMILES string of the molecule is C[C@H](NC(=O)CN(C)C(=O)c1ccco1)c1cc2ccccc2o1. The van der Waals surface area contributed by atoms with Gasteiger partial charge in [0.2, 0.25) is 5.91 Å². The van der Waals surface area contributed by atoms with E-state index < -0.39 is 0 Å². The third-order valence-corrected chi connectivity index (χ3v) is 3.71. The Hall–Kier alpha value is -3.02. The van der Waals surface area contributed by atoms with Gasteiger partial charge < -0.3 is 19.1 Å². The van der Waals surface area contributed by atoms with E-state index in [9.17, 15) is 9.59 Å². The van der Waals surface area contributed by atoms with Crippen LogP contribution in [0, 0.1) is 0 Å². The molecule has 0 saturated carbocycles. The fourth-order valence-electron chi connectivity index (χ4n) is 2.45. The van der Waals surface area contributed by atoms with Crippen LogP contribution in [0.2, 0.25) is 0 Å². The Kier molecular flexibility index (Phi) is 4.37. The van der Waals surface area contributed by atoms with Crippen molar-refractivity contribution in [3.05, 3.63) is 60.2 Å². The molecule has 1 atom stereocenters. The van der Waals surface area contributed by atoms with E-state index in [-0.39, 0.29) is 30.2 Å². The number of para-hydroxylation sites is 1. The molecule has 1 N–H and O–H groups in total. The van der Waals surface area contributed by atoms with Crippen LogP contribution < -0.4 is 5.32 Å². The first kappa shape index (κ1) is 15.9. The number of fused-ring (bicyclic) bond motifs is 1. The second-order valence-electron chi connectivity index (χ2n) is 5.61. The lowest BCUT2D eigenvalue weighted by Gasteiger charge is -2.17. The quantitative estimate of drug-likeness (QED) is 0.782. The standard InChI is InChI=1S/C18H18N2O4/c1-12(16-10-13-6-3-4-7-14(13)24-16)19-17(21)11-20(2)18(22)15-8-5-9-23-15/h3-10,12H,11H2,1-2H3,(H,19,21)/t12-/m0/s1. The minimum absolute atomic E-state index is 0.0654. The van der Waals surface area contributed by atoms with Gasteiger partial charge in [-0.1, -0.05) is 18.2 Å². The number of likely N-dealkylation sites (N-methyl/N-ethyl adjacent to an activating group) is 1. The molecule has 0 saturated heterocycles. The summed E-state index contributed by atoms with van der Waals surface area (Å²) in [7, 11) is 1.55. The number of carbonyl (C=O) groups excluding carboxylic acids is 2. The number of hydrogen-bond donors (Lipinski definition) is 1. The summed E-state index contributed by atoms with van der Waals surface area (Å²) >= 11 is 0. The van der Waals surface area contributed by atoms with Crippen molar-refractivity contribution >= 4 is 22.8 Å². The number of benzene rings is 1. The van der Waals surface area contributed by atoms with Gasteiger partial charge >= 0.3 is 0 Å². The molecule has 6 heteroatoms. The molecule has 2 aromatic heterocycles. The Morgan fingerprint density at radius 3 is 2.71 bits per heavy atom. The highest BCUT2D eigenvalue weighted by Crippen LogP contribution is 2.23. The van der Waals surface area contributed by atoms with E-state index in [4.69, 9.17) is 8.83 Å². The van der Waals surface area contributed by atoms with Gasteiger partial charge in [-0.15, -0.1) is 0 Å². The molecule has 3 aromatic rings. The number of nitrogens with one attached hydrogen (secondary N) is 1. The summed E-state index contributed by atoms with van der Waals surface area (Å²) < 4.78 is 10.8. The molecule has 3 rings (SSSR count). The van der Waals surface area contributed by atoms with Crippen LogP contribution in [0.3, 0.4) is 0 Å². The number of furan rings is 2. The predicted octanol–water partition coefficient (Wildman–Crippen LogP) is 2.98. The maximum atomic E-state index is 12.1. The third kappa shape index (κ3) is 3.32. The van der Waals surface area contributed by atoms with Gasteiger partial charge in [0.15, 0.2) is 5.76 Å². The molecule has 6 nitrogen and oxygen atoms in total.